The molecule has 1 aromatic rings. The van der Waals surface area contributed by atoms with Gasteiger partial charge in [-0.1, -0.05) is 32.9 Å². The van der Waals surface area contributed by atoms with Crippen molar-refractivity contribution in [1.82, 2.24) is 5.32 Å². The molecule has 0 atom stereocenters. The number of benzene rings is 1. The van der Waals surface area contributed by atoms with Crippen LogP contribution in [0, 0.1) is 5.92 Å². The molecule has 0 saturated carbocycles. The minimum absolute atomic E-state index is 0.108. The minimum Gasteiger partial charge on any atom is -0.494 e. The fourth-order valence-electron chi connectivity index (χ4n) is 1.57. The summed E-state index contributed by atoms with van der Waals surface area (Å²) in [6, 6.07) is 7.86. The molecule has 1 N–H and O–H groups in total. The SMILES string of the molecule is CCCOc1ccc(CNC(=O)CC(C)C)cc1. The number of rotatable bonds is 7. The van der Waals surface area contributed by atoms with Gasteiger partial charge in [-0.2, -0.15) is 0 Å². The fraction of sp³-hybridized carbons (Fsp3) is 0.533. The molecule has 0 fully saturated rings. The van der Waals surface area contributed by atoms with E-state index in [-0.39, 0.29) is 5.91 Å². The van der Waals surface area contributed by atoms with Crippen LogP contribution in [0.2, 0.25) is 0 Å². The number of hydrogen-bond acceptors (Lipinski definition) is 2. The van der Waals surface area contributed by atoms with E-state index in [0.717, 1.165) is 24.3 Å². The van der Waals surface area contributed by atoms with Gasteiger partial charge in [-0.25, -0.2) is 0 Å². The summed E-state index contributed by atoms with van der Waals surface area (Å²) in [7, 11) is 0. The second-order valence-electron chi connectivity index (χ2n) is 4.87. The lowest BCUT2D eigenvalue weighted by Gasteiger charge is -2.08. The highest BCUT2D eigenvalue weighted by Crippen LogP contribution is 2.12. The highest BCUT2D eigenvalue weighted by molar-refractivity contribution is 5.76. The molecule has 0 aliphatic carbocycles. The van der Waals surface area contributed by atoms with Crippen molar-refractivity contribution in [3.05, 3.63) is 29.8 Å². The van der Waals surface area contributed by atoms with Gasteiger partial charge >= 0.3 is 0 Å². The summed E-state index contributed by atoms with van der Waals surface area (Å²) < 4.78 is 5.50. The Balaban J connectivity index is 2.37. The Morgan fingerprint density at radius 1 is 1.28 bits per heavy atom. The van der Waals surface area contributed by atoms with Gasteiger partial charge in [-0.3, -0.25) is 4.79 Å². The van der Waals surface area contributed by atoms with Gasteiger partial charge < -0.3 is 10.1 Å². The van der Waals surface area contributed by atoms with Gasteiger partial charge in [-0.05, 0) is 30.0 Å². The van der Waals surface area contributed by atoms with Crippen molar-refractivity contribution in [1.29, 1.82) is 0 Å². The molecule has 0 heterocycles. The molecule has 0 saturated heterocycles. The van der Waals surface area contributed by atoms with Crippen LogP contribution in [-0.4, -0.2) is 12.5 Å². The first kappa shape index (κ1) is 14.6. The third-order valence-corrected chi connectivity index (χ3v) is 2.48. The molecule has 3 nitrogen and oxygen atoms in total. The van der Waals surface area contributed by atoms with Crippen LogP contribution >= 0.6 is 0 Å². The smallest absolute Gasteiger partial charge is 0.220 e. The molecule has 0 aliphatic rings. The van der Waals surface area contributed by atoms with Gasteiger partial charge in [0.15, 0.2) is 0 Å². The number of nitrogens with one attached hydrogen (secondary N) is 1. The lowest BCUT2D eigenvalue weighted by atomic mass is 10.1. The summed E-state index contributed by atoms with van der Waals surface area (Å²) in [6.45, 7) is 7.49. The Bertz CT molecular complexity index is 357. The molecule has 0 spiro atoms. The molecule has 3 heteroatoms. The van der Waals surface area contributed by atoms with Crippen molar-refractivity contribution in [2.45, 2.75) is 40.2 Å². The van der Waals surface area contributed by atoms with Crippen molar-refractivity contribution in [2.24, 2.45) is 5.92 Å². The summed E-state index contributed by atoms with van der Waals surface area (Å²) >= 11 is 0. The summed E-state index contributed by atoms with van der Waals surface area (Å²) in [5, 5.41) is 2.91. The number of carbonyl (C=O) groups is 1. The maximum Gasteiger partial charge on any atom is 0.220 e. The van der Waals surface area contributed by atoms with Gasteiger partial charge in [0.2, 0.25) is 5.91 Å². The standard InChI is InChI=1S/C15H23NO2/c1-4-9-18-14-7-5-13(6-8-14)11-16-15(17)10-12(2)3/h5-8,12H,4,9-11H2,1-3H3,(H,16,17). The van der Waals surface area contributed by atoms with Crippen LogP contribution in [0.3, 0.4) is 0 Å². The second-order valence-corrected chi connectivity index (χ2v) is 4.87. The minimum atomic E-state index is 0.108. The van der Waals surface area contributed by atoms with Crippen LogP contribution in [0.15, 0.2) is 24.3 Å². The zero-order chi connectivity index (χ0) is 13.4. The van der Waals surface area contributed by atoms with E-state index in [1.807, 2.05) is 38.1 Å². The van der Waals surface area contributed by atoms with Crippen molar-refractivity contribution in [3.63, 3.8) is 0 Å². The summed E-state index contributed by atoms with van der Waals surface area (Å²) in [5.41, 5.74) is 1.09. The first-order valence-electron chi connectivity index (χ1n) is 6.60. The number of carbonyl (C=O) groups excluding carboxylic acids is 1. The van der Waals surface area contributed by atoms with E-state index >= 15 is 0 Å². The normalized spacial score (nSPS) is 10.4. The van der Waals surface area contributed by atoms with Gasteiger partial charge in [-0.15, -0.1) is 0 Å². The Morgan fingerprint density at radius 2 is 1.94 bits per heavy atom. The van der Waals surface area contributed by atoms with E-state index in [9.17, 15) is 4.79 Å². The number of ether oxygens (including phenoxy) is 1. The topological polar surface area (TPSA) is 38.3 Å². The maximum absolute atomic E-state index is 11.5. The maximum atomic E-state index is 11.5. The average molecular weight is 249 g/mol. The molecule has 0 unspecified atom stereocenters. The second kappa shape index (κ2) is 7.75. The first-order valence-corrected chi connectivity index (χ1v) is 6.60. The van der Waals surface area contributed by atoms with Crippen LogP contribution in [-0.2, 0) is 11.3 Å². The molecule has 0 aliphatic heterocycles. The van der Waals surface area contributed by atoms with E-state index < -0.39 is 0 Å². The average Bonchev–Trinajstić information content (AvgIpc) is 2.34. The number of hydrogen-bond donors (Lipinski definition) is 1. The Labute approximate surface area is 110 Å². The third-order valence-electron chi connectivity index (χ3n) is 2.48. The monoisotopic (exact) mass is 249 g/mol. The molecule has 0 radical (unpaired) electrons. The summed E-state index contributed by atoms with van der Waals surface area (Å²) in [5.74, 6) is 1.39. The molecule has 0 bridgehead atoms. The molecule has 0 aromatic heterocycles. The van der Waals surface area contributed by atoms with Gasteiger partial charge in [0.1, 0.15) is 5.75 Å². The molecule has 1 aromatic carbocycles. The largest absolute Gasteiger partial charge is 0.494 e. The third kappa shape index (κ3) is 5.71. The lowest BCUT2D eigenvalue weighted by molar-refractivity contribution is -0.121. The van der Waals surface area contributed by atoms with Crippen LogP contribution in [0.1, 0.15) is 39.2 Å². The van der Waals surface area contributed by atoms with E-state index in [0.29, 0.717) is 18.9 Å². The van der Waals surface area contributed by atoms with Crippen molar-refractivity contribution in [2.75, 3.05) is 6.61 Å². The predicted molar refractivity (Wildman–Crippen MR) is 73.5 cm³/mol. The van der Waals surface area contributed by atoms with E-state index in [1.54, 1.807) is 0 Å². The fourth-order valence-corrected chi connectivity index (χ4v) is 1.57. The van der Waals surface area contributed by atoms with Gasteiger partial charge in [0.05, 0.1) is 6.61 Å². The van der Waals surface area contributed by atoms with Crippen molar-refractivity contribution >= 4 is 5.91 Å². The Morgan fingerprint density at radius 3 is 2.50 bits per heavy atom. The Kier molecular flexibility index (Phi) is 6.26. The quantitative estimate of drug-likeness (QED) is 0.806. The van der Waals surface area contributed by atoms with E-state index in [1.165, 1.54) is 0 Å². The van der Waals surface area contributed by atoms with Crippen molar-refractivity contribution in [3.8, 4) is 5.75 Å². The first-order chi connectivity index (χ1) is 8.61. The van der Waals surface area contributed by atoms with E-state index in [4.69, 9.17) is 4.74 Å². The summed E-state index contributed by atoms with van der Waals surface area (Å²) in [4.78, 5) is 11.5. The van der Waals surface area contributed by atoms with Crippen LogP contribution in [0.5, 0.6) is 5.75 Å². The predicted octanol–water partition coefficient (Wildman–Crippen LogP) is 3.14. The molecule has 1 amide bonds. The molecular weight excluding hydrogens is 226 g/mol. The summed E-state index contributed by atoms with van der Waals surface area (Å²) in [6.07, 6.45) is 1.59. The molecule has 18 heavy (non-hydrogen) atoms. The molecule has 1 rings (SSSR count). The highest BCUT2D eigenvalue weighted by atomic mass is 16.5. The number of amides is 1. The zero-order valence-electron chi connectivity index (χ0n) is 11.5. The Hall–Kier alpha value is -1.51. The molecular formula is C15H23NO2. The van der Waals surface area contributed by atoms with E-state index in [2.05, 4.69) is 12.2 Å². The van der Waals surface area contributed by atoms with Crippen LogP contribution in [0.4, 0.5) is 0 Å². The molecule has 100 valence electrons. The lowest BCUT2D eigenvalue weighted by Crippen LogP contribution is -2.23. The van der Waals surface area contributed by atoms with Crippen molar-refractivity contribution < 1.29 is 9.53 Å². The van der Waals surface area contributed by atoms with Crippen LogP contribution in [0.25, 0.3) is 0 Å². The highest BCUT2D eigenvalue weighted by Gasteiger charge is 2.04. The van der Waals surface area contributed by atoms with Gasteiger partial charge in [0.25, 0.3) is 0 Å². The van der Waals surface area contributed by atoms with Gasteiger partial charge in [0, 0.05) is 13.0 Å². The van der Waals surface area contributed by atoms with Crippen LogP contribution < -0.4 is 10.1 Å². The zero-order valence-corrected chi connectivity index (χ0v) is 11.5.